The molecule has 0 saturated carbocycles. The highest BCUT2D eigenvalue weighted by Gasteiger charge is 2.10. The molecule has 0 amide bonds. The summed E-state index contributed by atoms with van der Waals surface area (Å²) in [6.45, 7) is 1.81. The Kier molecular flexibility index (Phi) is 3.33. The first-order valence-electron chi connectivity index (χ1n) is 2.03. The molecule has 0 aliphatic heterocycles. The van der Waals surface area contributed by atoms with E-state index in [9.17, 15) is 9.90 Å². The predicted molar refractivity (Wildman–Crippen MR) is 33.8 cm³/mol. The van der Waals surface area contributed by atoms with Crippen LogP contribution in [-0.2, 0) is 9.90 Å². The molecule has 0 spiro atoms. The van der Waals surface area contributed by atoms with E-state index in [-0.39, 0.29) is 3.92 Å². The molecule has 0 N–H and O–H groups in total. The monoisotopic (exact) mass is 213 g/mol. The standard InChI is InChI=1S/C4H6IO2/c1-2-3(5)4(6)7/h3H,2H2,1H3. The molecule has 0 bridgehead atoms. The van der Waals surface area contributed by atoms with Gasteiger partial charge in [-0.2, -0.15) is 0 Å². The van der Waals surface area contributed by atoms with Crippen LogP contribution in [-0.4, -0.2) is 9.89 Å². The summed E-state index contributed by atoms with van der Waals surface area (Å²) in [6.07, 6.45) is 0.642. The summed E-state index contributed by atoms with van der Waals surface area (Å²) in [5.41, 5.74) is 0. The Morgan fingerprint density at radius 1 is 1.86 bits per heavy atom. The molecule has 2 nitrogen and oxygen atoms in total. The molecular weight excluding hydrogens is 207 g/mol. The molecule has 0 aromatic rings. The number of hydrogen-bond acceptors (Lipinski definition) is 1. The van der Waals surface area contributed by atoms with Gasteiger partial charge in [-0.15, -0.1) is 0 Å². The van der Waals surface area contributed by atoms with Gasteiger partial charge in [0, 0.05) is 0 Å². The van der Waals surface area contributed by atoms with Gasteiger partial charge >= 0.3 is 5.97 Å². The van der Waals surface area contributed by atoms with Crippen molar-refractivity contribution in [1.29, 1.82) is 0 Å². The Labute approximate surface area is 56.1 Å². The molecule has 0 fully saturated rings. The lowest BCUT2D eigenvalue weighted by Crippen LogP contribution is -2.08. The van der Waals surface area contributed by atoms with Crippen LogP contribution in [0, 0.1) is 0 Å². The minimum atomic E-state index is -0.969. The van der Waals surface area contributed by atoms with Crippen molar-refractivity contribution in [2.75, 3.05) is 0 Å². The third-order valence-corrected chi connectivity index (χ3v) is 2.00. The second kappa shape index (κ2) is 3.23. The number of hydrogen-bond donors (Lipinski definition) is 0. The van der Waals surface area contributed by atoms with Crippen molar-refractivity contribution >= 4 is 28.6 Å². The van der Waals surface area contributed by atoms with Crippen molar-refractivity contribution < 1.29 is 9.90 Å². The Morgan fingerprint density at radius 2 is 2.29 bits per heavy atom. The van der Waals surface area contributed by atoms with Crippen LogP contribution in [0.3, 0.4) is 0 Å². The smallest absolute Gasteiger partial charge is 0.246 e. The second-order valence-corrected chi connectivity index (χ2v) is 2.70. The van der Waals surface area contributed by atoms with Gasteiger partial charge < -0.3 is 0 Å². The van der Waals surface area contributed by atoms with E-state index in [1.165, 1.54) is 0 Å². The van der Waals surface area contributed by atoms with Gasteiger partial charge in [0.1, 0.15) is 3.92 Å². The highest BCUT2D eigenvalue weighted by molar-refractivity contribution is 14.1. The average Bonchev–Trinajstić information content (AvgIpc) is 1.65. The van der Waals surface area contributed by atoms with Crippen LogP contribution in [0.2, 0.25) is 0 Å². The average molecular weight is 213 g/mol. The maximum Gasteiger partial charge on any atom is 0.368 e. The Morgan fingerprint density at radius 3 is 2.29 bits per heavy atom. The van der Waals surface area contributed by atoms with E-state index in [4.69, 9.17) is 0 Å². The predicted octanol–water partition coefficient (Wildman–Crippen LogP) is 1.16. The van der Waals surface area contributed by atoms with E-state index < -0.39 is 5.97 Å². The maximum atomic E-state index is 9.81. The highest BCUT2D eigenvalue weighted by atomic mass is 127. The number of halogens is 1. The van der Waals surface area contributed by atoms with E-state index in [0.717, 1.165) is 0 Å². The maximum absolute atomic E-state index is 9.81. The van der Waals surface area contributed by atoms with Crippen molar-refractivity contribution in [3.63, 3.8) is 0 Å². The van der Waals surface area contributed by atoms with Crippen LogP contribution >= 0.6 is 22.6 Å². The second-order valence-electron chi connectivity index (χ2n) is 1.19. The number of alkyl halides is 1. The summed E-state index contributed by atoms with van der Waals surface area (Å²) in [5.74, 6) is -0.969. The fourth-order valence-corrected chi connectivity index (χ4v) is 0.167. The lowest BCUT2D eigenvalue weighted by atomic mass is 10.3. The number of rotatable bonds is 2. The van der Waals surface area contributed by atoms with Gasteiger partial charge in [0.05, 0.1) is 0 Å². The topological polar surface area (TPSA) is 37.0 Å². The van der Waals surface area contributed by atoms with E-state index in [0.29, 0.717) is 6.42 Å². The molecule has 0 saturated heterocycles. The normalized spacial score (nSPS) is 13.4. The SMILES string of the molecule is CCC(I)C([O])=O. The third kappa shape index (κ3) is 2.85. The lowest BCUT2D eigenvalue weighted by Gasteiger charge is -1.91. The molecule has 7 heavy (non-hydrogen) atoms. The first-order chi connectivity index (χ1) is 3.18. The highest BCUT2D eigenvalue weighted by Crippen LogP contribution is 2.03. The summed E-state index contributed by atoms with van der Waals surface area (Å²) < 4.78 is -0.322. The first-order valence-corrected chi connectivity index (χ1v) is 3.28. The fraction of sp³-hybridized carbons (Fsp3) is 0.750. The molecule has 0 aromatic carbocycles. The molecule has 41 valence electrons. The van der Waals surface area contributed by atoms with Gasteiger partial charge in [-0.05, 0) is 6.42 Å². The largest absolute Gasteiger partial charge is 0.368 e. The summed E-state index contributed by atoms with van der Waals surface area (Å²) in [4.78, 5) is 9.81. The van der Waals surface area contributed by atoms with Gasteiger partial charge in [-0.1, -0.05) is 29.5 Å². The molecule has 0 aliphatic carbocycles. The van der Waals surface area contributed by atoms with Crippen molar-refractivity contribution in [1.82, 2.24) is 0 Å². The molecule has 0 heterocycles. The van der Waals surface area contributed by atoms with Crippen LogP contribution in [0.5, 0.6) is 0 Å². The molecular formula is C4H6IO2. The minimum Gasteiger partial charge on any atom is -0.246 e. The summed E-state index contributed by atoms with van der Waals surface area (Å²) in [7, 11) is 0. The van der Waals surface area contributed by atoms with E-state index in [1.807, 2.05) is 29.5 Å². The number of carbonyl (C=O) groups excluding carboxylic acids is 1. The molecule has 3 heteroatoms. The van der Waals surface area contributed by atoms with E-state index in [1.54, 1.807) is 0 Å². The van der Waals surface area contributed by atoms with Crippen LogP contribution in [0.1, 0.15) is 13.3 Å². The zero-order valence-electron chi connectivity index (χ0n) is 3.98. The van der Waals surface area contributed by atoms with Gasteiger partial charge in [0.2, 0.25) is 0 Å². The minimum absolute atomic E-state index is 0.322. The van der Waals surface area contributed by atoms with Crippen molar-refractivity contribution in [2.45, 2.75) is 17.3 Å². The summed E-state index contributed by atoms with van der Waals surface area (Å²) >= 11 is 1.83. The third-order valence-electron chi connectivity index (χ3n) is 0.614. The van der Waals surface area contributed by atoms with Crippen LogP contribution in [0.4, 0.5) is 0 Å². The van der Waals surface area contributed by atoms with Crippen LogP contribution < -0.4 is 0 Å². The number of carbonyl (C=O) groups is 1. The zero-order valence-corrected chi connectivity index (χ0v) is 6.14. The van der Waals surface area contributed by atoms with E-state index >= 15 is 0 Å². The Balaban J connectivity index is 3.34. The Bertz CT molecular complexity index is 72.1. The van der Waals surface area contributed by atoms with Crippen molar-refractivity contribution in [3.05, 3.63) is 0 Å². The van der Waals surface area contributed by atoms with Gasteiger partial charge in [-0.3, -0.25) is 0 Å². The fourth-order valence-electron chi connectivity index (χ4n) is 0.167. The molecule has 1 radical (unpaired) electrons. The van der Waals surface area contributed by atoms with Crippen LogP contribution in [0.25, 0.3) is 0 Å². The molecule has 0 aliphatic rings. The van der Waals surface area contributed by atoms with Gasteiger partial charge in [0.25, 0.3) is 0 Å². The van der Waals surface area contributed by atoms with E-state index in [2.05, 4.69) is 0 Å². The molecule has 0 aromatic heterocycles. The molecule has 0 rings (SSSR count). The summed E-state index contributed by atoms with van der Waals surface area (Å²) in [5, 5.41) is 9.81. The first kappa shape index (κ1) is 7.20. The van der Waals surface area contributed by atoms with Gasteiger partial charge in [0.15, 0.2) is 0 Å². The van der Waals surface area contributed by atoms with Crippen molar-refractivity contribution in [3.8, 4) is 0 Å². The van der Waals surface area contributed by atoms with Gasteiger partial charge in [-0.25, -0.2) is 9.90 Å². The van der Waals surface area contributed by atoms with Crippen LogP contribution in [0.15, 0.2) is 0 Å². The molecule has 1 atom stereocenters. The zero-order chi connectivity index (χ0) is 5.86. The lowest BCUT2D eigenvalue weighted by molar-refractivity contribution is -0.142. The Hall–Kier alpha value is 0.200. The van der Waals surface area contributed by atoms with Crippen molar-refractivity contribution in [2.24, 2.45) is 0 Å². The quantitative estimate of drug-likeness (QED) is 0.500. The molecule has 1 unspecified atom stereocenters. The summed E-state index contributed by atoms with van der Waals surface area (Å²) in [6, 6.07) is 0.